The Labute approximate surface area is 121 Å². The van der Waals surface area contributed by atoms with Crippen molar-refractivity contribution < 1.29 is 9.18 Å². The van der Waals surface area contributed by atoms with Crippen LogP contribution in [0, 0.1) is 12.7 Å². The van der Waals surface area contributed by atoms with E-state index < -0.39 is 0 Å². The number of rotatable bonds is 4. The summed E-state index contributed by atoms with van der Waals surface area (Å²) in [4.78, 5) is 16.2. The number of alkyl halides is 1. The van der Waals surface area contributed by atoms with E-state index in [0.29, 0.717) is 16.9 Å². The molecule has 1 amide bonds. The molecular weight excluding hydrogens is 281 g/mol. The van der Waals surface area contributed by atoms with Crippen LogP contribution in [-0.2, 0) is 17.2 Å². The van der Waals surface area contributed by atoms with Gasteiger partial charge in [0.05, 0.1) is 16.9 Å². The number of nitrogens with one attached hydrogen (secondary N) is 1. The van der Waals surface area contributed by atoms with E-state index in [9.17, 15) is 9.18 Å². The molecule has 108 valence electrons. The molecule has 0 aliphatic carbocycles. The second kappa shape index (κ2) is 5.79. The van der Waals surface area contributed by atoms with E-state index in [0.717, 1.165) is 5.52 Å². The number of amides is 1. The number of carbonyl (C=O) groups is 1. The smallest absolute Gasteiger partial charge is 0.240 e. The Hall–Kier alpha value is -1.62. The average molecular weight is 298 g/mol. The number of benzene rings is 1. The summed E-state index contributed by atoms with van der Waals surface area (Å²) < 4.78 is 15.3. The van der Waals surface area contributed by atoms with Crippen LogP contribution in [0.15, 0.2) is 12.1 Å². The Bertz CT molecular complexity index is 651. The van der Waals surface area contributed by atoms with Crippen molar-refractivity contribution in [1.29, 1.82) is 0 Å². The van der Waals surface area contributed by atoms with Gasteiger partial charge in [0.15, 0.2) is 0 Å². The molecule has 0 saturated carbocycles. The molecule has 0 spiro atoms. The first kappa shape index (κ1) is 14.8. The van der Waals surface area contributed by atoms with Gasteiger partial charge in [0.1, 0.15) is 18.2 Å². The molecule has 1 heterocycles. The van der Waals surface area contributed by atoms with Crippen molar-refractivity contribution in [1.82, 2.24) is 14.9 Å². The topological polar surface area (TPSA) is 46.9 Å². The first-order chi connectivity index (χ1) is 9.42. The summed E-state index contributed by atoms with van der Waals surface area (Å²) in [5.41, 5.74) is 1.75. The standard InChI is InChI=1S/C14H17ClFN3O/c1-8(2)17-14(20)7-19-12-4-9(3)10(16)5-11(12)18-13(19)6-15/h4-5,8H,6-7H2,1-3H3,(H,17,20). The highest BCUT2D eigenvalue weighted by molar-refractivity contribution is 6.16. The van der Waals surface area contributed by atoms with Crippen LogP contribution in [0.25, 0.3) is 11.0 Å². The van der Waals surface area contributed by atoms with E-state index in [1.54, 1.807) is 17.6 Å². The summed E-state index contributed by atoms with van der Waals surface area (Å²) in [5.74, 6) is 0.303. The molecule has 0 saturated heterocycles. The molecule has 2 rings (SSSR count). The lowest BCUT2D eigenvalue weighted by molar-refractivity contribution is -0.122. The van der Waals surface area contributed by atoms with Gasteiger partial charge < -0.3 is 9.88 Å². The predicted octanol–water partition coefficient (Wildman–Crippen LogP) is 2.75. The number of fused-ring (bicyclic) bond motifs is 1. The molecule has 0 fully saturated rings. The van der Waals surface area contributed by atoms with Gasteiger partial charge in [-0.25, -0.2) is 9.37 Å². The van der Waals surface area contributed by atoms with Gasteiger partial charge in [-0.15, -0.1) is 11.6 Å². The number of hydrogen-bond donors (Lipinski definition) is 1. The van der Waals surface area contributed by atoms with Gasteiger partial charge in [-0.2, -0.15) is 0 Å². The van der Waals surface area contributed by atoms with Crippen LogP contribution in [0.5, 0.6) is 0 Å². The van der Waals surface area contributed by atoms with Crippen LogP contribution >= 0.6 is 11.6 Å². The normalized spacial score (nSPS) is 11.3. The number of halogens is 2. The predicted molar refractivity (Wildman–Crippen MR) is 77.3 cm³/mol. The minimum atomic E-state index is -0.310. The number of carbonyl (C=O) groups excluding carboxylic acids is 1. The van der Waals surface area contributed by atoms with Crippen LogP contribution in [-0.4, -0.2) is 21.5 Å². The third-order valence-electron chi connectivity index (χ3n) is 2.98. The number of hydrogen-bond acceptors (Lipinski definition) is 2. The zero-order valence-corrected chi connectivity index (χ0v) is 12.5. The molecule has 0 aliphatic rings. The Morgan fingerprint density at radius 1 is 1.50 bits per heavy atom. The highest BCUT2D eigenvalue weighted by Gasteiger charge is 2.15. The van der Waals surface area contributed by atoms with Crippen LogP contribution < -0.4 is 5.32 Å². The van der Waals surface area contributed by atoms with Gasteiger partial charge in [0.2, 0.25) is 5.91 Å². The molecule has 0 radical (unpaired) electrons. The van der Waals surface area contributed by atoms with Gasteiger partial charge in [0.25, 0.3) is 0 Å². The van der Waals surface area contributed by atoms with Gasteiger partial charge in [-0.1, -0.05) is 0 Å². The molecule has 0 aliphatic heterocycles. The summed E-state index contributed by atoms with van der Waals surface area (Å²) in [7, 11) is 0. The summed E-state index contributed by atoms with van der Waals surface area (Å²) >= 11 is 5.86. The highest BCUT2D eigenvalue weighted by Crippen LogP contribution is 2.21. The average Bonchev–Trinajstić information content (AvgIpc) is 2.67. The fourth-order valence-electron chi connectivity index (χ4n) is 2.09. The van der Waals surface area contributed by atoms with Crippen LogP contribution in [0.2, 0.25) is 0 Å². The van der Waals surface area contributed by atoms with Gasteiger partial charge in [0, 0.05) is 12.1 Å². The Morgan fingerprint density at radius 2 is 2.20 bits per heavy atom. The van der Waals surface area contributed by atoms with Crippen molar-refractivity contribution in [3.8, 4) is 0 Å². The quantitative estimate of drug-likeness (QED) is 0.882. The Kier molecular flexibility index (Phi) is 4.28. The minimum Gasteiger partial charge on any atom is -0.352 e. The van der Waals surface area contributed by atoms with Gasteiger partial charge >= 0.3 is 0 Å². The maximum absolute atomic E-state index is 13.6. The van der Waals surface area contributed by atoms with E-state index in [4.69, 9.17) is 11.6 Å². The fourth-order valence-corrected chi connectivity index (χ4v) is 2.29. The highest BCUT2D eigenvalue weighted by atomic mass is 35.5. The van der Waals surface area contributed by atoms with Crippen molar-refractivity contribution in [2.45, 2.75) is 39.2 Å². The molecule has 2 aromatic rings. The fraction of sp³-hybridized carbons (Fsp3) is 0.429. The van der Waals surface area contributed by atoms with Crippen LogP contribution in [0.3, 0.4) is 0 Å². The minimum absolute atomic E-state index is 0.0657. The molecule has 20 heavy (non-hydrogen) atoms. The summed E-state index contributed by atoms with van der Waals surface area (Å²) in [6.45, 7) is 5.60. The molecule has 4 nitrogen and oxygen atoms in total. The molecule has 0 bridgehead atoms. The van der Waals surface area contributed by atoms with E-state index in [1.165, 1.54) is 6.07 Å². The second-order valence-electron chi connectivity index (χ2n) is 5.06. The first-order valence-corrected chi connectivity index (χ1v) is 6.96. The maximum atomic E-state index is 13.6. The summed E-state index contributed by atoms with van der Waals surface area (Å²) in [6.07, 6.45) is 0. The third-order valence-corrected chi connectivity index (χ3v) is 3.22. The number of aromatic nitrogens is 2. The number of nitrogens with zero attached hydrogens (tertiary/aromatic N) is 2. The molecule has 1 aromatic heterocycles. The van der Waals surface area contributed by atoms with Crippen molar-refractivity contribution in [3.63, 3.8) is 0 Å². The zero-order chi connectivity index (χ0) is 14.9. The molecule has 0 unspecified atom stereocenters. The van der Waals surface area contributed by atoms with Gasteiger partial charge in [-0.05, 0) is 32.4 Å². The molecule has 1 N–H and O–H groups in total. The Balaban J connectivity index is 2.45. The van der Waals surface area contributed by atoms with Crippen molar-refractivity contribution >= 4 is 28.5 Å². The number of aryl methyl sites for hydroxylation is 1. The third kappa shape index (κ3) is 2.93. The van der Waals surface area contributed by atoms with Gasteiger partial charge in [-0.3, -0.25) is 4.79 Å². The van der Waals surface area contributed by atoms with E-state index in [-0.39, 0.29) is 30.2 Å². The monoisotopic (exact) mass is 297 g/mol. The van der Waals surface area contributed by atoms with Crippen molar-refractivity contribution in [2.24, 2.45) is 0 Å². The molecule has 6 heteroatoms. The van der Waals surface area contributed by atoms with Crippen molar-refractivity contribution in [3.05, 3.63) is 29.3 Å². The molecule has 1 aromatic carbocycles. The number of imidazole rings is 1. The lowest BCUT2D eigenvalue weighted by atomic mass is 10.2. The summed E-state index contributed by atoms with van der Waals surface area (Å²) in [5, 5.41) is 2.82. The first-order valence-electron chi connectivity index (χ1n) is 6.43. The van der Waals surface area contributed by atoms with E-state index >= 15 is 0 Å². The van der Waals surface area contributed by atoms with Crippen LogP contribution in [0.1, 0.15) is 25.2 Å². The van der Waals surface area contributed by atoms with E-state index in [2.05, 4.69) is 10.3 Å². The largest absolute Gasteiger partial charge is 0.352 e. The summed E-state index contributed by atoms with van der Waals surface area (Å²) in [6, 6.07) is 3.13. The Morgan fingerprint density at radius 3 is 2.80 bits per heavy atom. The lowest BCUT2D eigenvalue weighted by Crippen LogP contribution is -2.33. The maximum Gasteiger partial charge on any atom is 0.240 e. The SMILES string of the molecule is Cc1cc2c(cc1F)nc(CCl)n2CC(=O)NC(C)C. The molecule has 0 atom stereocenters. The zero-order valence-electron chi connectivity index (χ0n) is 11.7. The lowest BCUT2D eigenvalue weighted by Gasteiger charge is -2.11. The van der Waals surface area contributed by atoms with E-state index in [1.807, 2.05) is 13.8 Å². The van der Waals surface area contributed by atoms with Crippen LogP contribution in [0.4, 0.5) is 4.39 Å². The second-order valence-corrected chi connectivity index (χ2v) is 5.33. The molecular formula is C14H17ClFN3O. The van der Waals surface area contributed by atoms with Crippen molar-refractivity contribution in [2.75, 3.05) is 0 Å².